The summed E-state index contributed by atoms with van der Waals surface area (Å²) in [5, 5.41) is 3.47. The first-order valence-corrected chi connectivity index (χ1v) is 10.5. The first-order valence-electron chi connectivity index (χ1n) is 10.5. The molecule has 1 N–H and O–H groups in total. The summed E-state index contributed by atoms with van der Waals surface area (Å²) in [5.41, 5.74) is 2.30. The van der Waals surface area contributed by atoms with Crippen molar-refractivity contribution in [2.24, 2.45) is 4.99 Å². The summed E-state index contributed by atoms with van der Waals surface area (Å²) < 4.78 is 7.32. The molecule has 3 aromatic rings. The van der Waals surface area contributed by atoms with Crippen molar-refractivity contribution >= 4 is 35.6 Å². The van der Waals surface area contributed by atoms with Gasteiger partial charge in [-0.3, -0.25) is 9.56 Å². The van der Waals surface area contributed by atoms with Gasteiger partial charge in [-0.25, -0.2) is 9.97 Å². The summed E-state index contributed by atoms with van der Waals surface area (Å²) in [6.45, 7) is 6.35. The highest BCUT2D eigenvalue weighted by atomic mass is 127. The van der Waals surface area contributed by atoms with E-state index in [2.05, 4.69) is 48.3 Å². The Kier molecular flexibility index (Phi) is 8.32. The van der Waals surface area contributed by atoms with Crippen LogP contribution in [-0.4, -0.2) is 65.7 Å². The number of guanidine groups is 1. The molecule has 0 atom stereocenters. The molecule has 4 rings (SSSR count). The maximum Gasteiger partial charge on any atom is 0.194 e. The van der Waals surface area contributed by atoms with Gasteiger partial charge in [-0.15, -0.1) is 24.0 Å². The van der Waals surface area contributed by atoms with Gasteiger partial charge in [0.25, 0.3) is 0 Å². The average Bonchev–Trinajstić information content (AvgIpc) is 3.26. The van der Waals surface area contributed by atoms with Crippen LogP contribution in [0.1, 0.15) is 11.4 Å². The van der Waals surface area contributed by atoms with Gasteiger partial charge in [0.2, 0.25) is 0 Å². The van der Waals surface area contributed by atoms with Crippen molar-refractivity contribution in [2.45, 2.75) is 13.5 Å². The Balaban J connectivity index is 0.00000289. The van der Waals surface area contributed by atoms with E-state index in [1.54, 1.807) is 13.3 Å². The van der Waals surface area contributed by atoms with Gasteiger partial charge in [-0.1, -0.05) is 12.1 Å². The first kappa shape index (κ1) is 23.8. The molecule has 1 aliphatic heterocycles. The topological polar surface area (TPSA) is 70.8 Å². The lowest BCUT2D eigenvalue weighted by molar-refractivity contribution is 0.372. The molecule has 1 saturated heterocycles. The van der Waals surface area contributed by atoms with Gasteiger partial charge in [0, 0.05) is 70.1 Å². The number of nitrogens with one attached hydrogen (secondary N) is 1. The number of hydrogen-bond donors (Lipinski definition) is 1. The summed E-state index contributed by atoms with van der Waals surface area (Å²) in [7, 11) is 3.54. The number of methoxy groups -OCH3 is 1. The van der Waals surface area contributed by atoms with Crippen molar-refractivity contribution < 1.29 is 4.74 Å². The Morgan fingerprint density at radius 3 is 2.56 bits per heavy atom. The number of hydrogen-bond acceptors (Lipinski definition) is 5. The number of benzene rings is 1. The van der Waals surface area contributed by atoms with Crippen molar-refractivity contribution in [3.8, 4) is 11.6 Å². The number of aromatic nitrogens is 3. The number of halogens is 1. The lowest BCUT2D eigenvalue weighted by atomic mass is 10.2. The molecular formula is C23H30IN7O. The quantitative estimate of drug-likeness (QED) is 0.301. The highest BCUT2D eigenvalue weighted by Gasteiger charge is 2.20. The largest absolute Gasteiger partial charge is 0.497 e. The molecule has 0 saturated carbocycles. The molecule has 8 nitrogen and oxygen atoms in total. The second-order valence-electron chi connectivity index (χ2n) is 7.45. The summed E-state index contributed by atoms with van der Waals surface area (Å²) in [6, 6.07) is 12.3. The number of pyridine rings is 1. The molecule has 32 heavy (non-hydrogen) atoms. The Labute approximate surface area is 206 Å². The summed E-state index contributed by atoms with van der Waals surface area (Å²) in [4.78, 5) is 18.0. The summed E-state index contributed by atoms with van der Waals surface area (Å²) >= 11 is 0. The molecule has 9 heteroatoms. The smallest absolute Gasteiger partial charge is 0.194 e. The Morgan fingerprint density at radius 2 is 1.94 bits per heavy atom. The summed E-state index contributed by atoms with van der Waals surface area (Å²) in [5.74, 6) is 3.60. The van der Waals surface area contributed by atoms with Gasteiger partial charge in [0.05, 0.1) is 7.11 Å². The van der Waals surface area contributed by atoms with Crippen LogP contribution in [0.3, 0.4) is 0 Å². The maximum absolute atomic E-state index is 5.35. The van der Waals surface area contributed by atoms with Crippen molar-refractivity contribution in [2.75, 3.05) is 45.2 Å². The van der Waals surface area contributed by atoms with E-state index in [1.165, 1.54) is 5.69 Å². The lowest BCUT2D eigenvalue weighted by Gasteiger charge is -2.37. The van der Waals surface area contributed by atoms with Crippen LogP contribution >= 0.6 is 24.0 Å². The minimum absolute atomic E-state index is 0. The van der Waals surface area contributed by atoms with E-state index >= 15 is 0 Å². The normalized spacial score (nSPS) is 14.2. The van der Waals surface area contributed by atoms with Crippen LogP contribution in [0.5, 0.6) is 5.75 Å². The molecule has 1 aliphatic rings. The number of anilines is 1. The molecule has 3 heterocycles. The molecule has 1 aromatic carbocycles. The third-order valence-corrected chi connectivity index (χ3v) is 5.54. The molecule has 0 amide bonds. The number of nitrogens with zero attached hydrogens (tertiary/aromatic N) is 6. The van der Waals surface area contributed by atoms with Crippen LogP contribution < -0.4 is 15.0 Å². The van der Waals surface area contributed by atoms with Crippen LogP contribution in [0.4, 0.5) is 5.69 Å². The van der Waals surface area contributed by atoms with Crippen molar-refractivity contribution in [1.29, 1.82) is 0 Å². The van der Waals surface area contributed by atoms with E-state index < -0.39 is 0 Å². The number of aryl methyl sites for hydroxylation is 1. The second kappa shape index (κ2) is 11.2. The van der Waals surface area contributed by atoms with Crippen LogP contribution in [0.25, 0.3) is 5.82 Å². The van der Waals surface area contributed by atoms with Crippen molar-refractivity contribution in [3.63, 3.8) is 0 Å². The van der Waals surface area contributed by atoms with Crippen molar-refractivity contribution in [3.05, 3.63) is 66.4 Å². The van der Waals surface area contributed by atoms with Crippen LogP contribution in [0, 0.1) is 6.92 Å². The van der Waals surface area contributed by atoms with E-state index in [0.29, 0.717) is 6.54 Å². The monoisotopic (exact) mass is 547 g/mol. The number of piperazine rings is 1. The van der Waals surface area contributed by atoms with E-state index in [1.807, 2.05) is 49.1 Å². The van der Waals surface area contributed by atoms with E-state index in [0.717, 1.165) is 55.1 Å². The molecule has 1 fully saturated rings. The lowest BCUT2D eigenvalue weighted by Crippen LogP contribution is -2.52. The van der Waals surface area contributed by atoms with Gasteiger partial charge < -0.3 is 19.9 Å². The number of imidazole rings is 1. The third kappa shape index (κ3) is 5.50. The Hall–Kier alpha value is -2.82. The van der Waals surface area contributed by atoms with Crippen molar-refractivity contribution in [1.82, 2.24) is 24.8 Å². The summed E-state index contributed by atoms with van der Waals surface area (Å²) in [6.07, 6.45) is 5.60. The molecule has 0 bridgehead atoms. The molecule has 0 unspecified atom stereocenters. The predicted molar refractivity (Wildman–Crippen MR) is 138 cm³/mol. The minimum atomic E-state index is 0. The standard InChI is InChI=1S/C23H29N7O.HI/c1-18-25-9-10-30(18)22-8-7-19(16-26-22)17-27-23(24-2)29-13-11-28(12-14-29)20-5-4-6-21(15-20)31-3;/h4-10,15-16H,11-14,17H2,1-3H3,(H,24,27);1H. The highest BCUT2D eigenvalue weighted by molar-refractivity contribution is 14.0. The number of rotatable bonds is 5. The molecule has 0 aliphatic carbocycles. The van der Waals surface area contributed by atoms with Gasteiger partial charge >= 0.3 is 0 Å². The molecular weight excluding hydrogens is 517 g/mol. The number of ether oxygens (including phenoxy) is 1. The Morgan fingerprint density at radius 1 is 1.12 bits per heavy atom. The fourth-order valence-electron chi connectivity index (χ4n) is 3.78. The van der Waals surface area contributed by atoms with Gasteiger partial charge in [0.15, 0.2) is 5.96 Å². The fourth-order valence-corrected chi connectivity index (χ4v) is 3.78. The molecule has 2 aromatic heterocycles. The first-order chi connectivity index (χ1) is 15.2. The predicted octanol–water partition coefficient (Wildman–Crippen LogP) is 3.10. The van der Waals surface area contributed by atoms with Gasteiger partial charge in [-0.2, -0.15) is 0 Å². The fraction of sp³-hybridized carbons (Fsp3) is 0.348. The second-order valence-corrected chi connectivity index (χ2v) is 7.45. The van der Waals surface area contributed by atoms with Gasteiger partial charge in [-0.05, 0) is 30.7 Å². The van der Waals surface area contributed by atoms with E-state index in [-0.39, 0.29) is 24.0 Å². The minimum Gasteiger partial charge on any atom is -0.497 e. The molecule has 0 radical (unpaired) electrons. The average molecular weight is 547 g/mol. The van der Waals surface area contributed by atoms with Crippen LogP contribution in [0.2, 0.25) is 0 Å². The zero-order valence-electron chi connectivity index (χ0n) is 18.7. The third-order valence-electron chi connectivity index (χ3n) is 5.54. The Bertz CT molecular complexity index is 1030. The number of aliphatic imine (C=N–C) groups is 1. The van der Waals surface area contributed by atoms with E-state index in [4.69, 9.17) is 4.74 Å². The zero-order chi connectivity index (χ0) is 21.6. The molecule has 170 valence electrons. The van der Waals surface area contributed by atoms with Gasteiger partial charge in [0.1, 0.15) is 17.4 Å². The molecule has 0 spiro atoms. The van der Waals surface area contributed by atoms with Crippen LogP contribution in [0.15, 0.2) is 60.0 Å². The van der Waals surface area contributed by atoms with Crippen LogP contribution in [-0.2, 0) is 6.54 Å². The highest BCUT2D eigenvalue weighted by Crippen LogP contribution is 2.22. The van der Waals surface area contributed by atoms with E-state index in [9.17, 15) is 0 Å². The maximum atomic E-state index is 5.35. The zero-order valence-corrected chi connectivity index (χ0v) is 21.1. The SMILES string of the molecule is CN=C(NCc1ccc(-n2ccnc2C)nc1)N1CCN(c2cccc(OC)c2)CC1.I.